The van der Waals surface area contributed by atoms with Crippen molar-refractivity contribution < 1.29 is 4.39 Å². The molecule has 0 bridgehead atoms. The summed E-state index contributed by atoms with van der Waals surface area (Å²) in [4.78, 5) is 0. The maximum Gasteiger partial charge on any atom is 0.0906 e. The van der Waals surface area contributed by atoms with E-state index in [0.29, 0.717) is 22.5 Å². The van der Waals surface area contributed by atoms with Crippen LogP contribution in [0.5, 0.6) is 0 Å². The van der Waals surface area contributed by atoms with Gasteiger partial charge in [-0.2, -0.15) is 0 Å². The summed E-state index contributed by atoms with van der Waals surface area (Å²) in [6, 6.07) is 0. The van der Waals surface area contributed by atoms with E-state index in [-0.39, 0.29) is 6.67 Å². The summed E-state index contributed by atoms with van der Waals surface area (Å²) in [5.74, 6) is 0. The summed E-state index contributed by atoms with van der Waals surface area (Å²) in [6.07, 6.45) is 0.500. The number of rotatable bonds is 2. The lowest BCUT2D eigenvalue weighted by Gasteiger charge is -1.77. The van der Waals surface area contributed by atoms with E-state index in [1.165, 1.54) is 0 Å². The molecule has 0 fully saturated rings. The molecule has 0 radical (unpaired) electrons. The van der Waals surface area contributed by atoms with Crippen LogP contribution in [-0.4, -0.2) is 22.7 Å². The molecule has 2 N–H and O–H groups in total. The van der Waals surface area contributed by atoms with Gasteiger partial charge in [-0.3, -0.25) is 4.39 Å². The van der Waals surface area contributed by atoms with Crippen molar-refractivity contribution in [1.82, 2.24) is 0 Å². The van der Waals surface area contributed by atoms with Crippen LogP contribution >= 0.6 is 0 Å². The normalized spacial score (nSPS) is 7.50. The number of alkyl halides is 1. The van der Waals surface area contributed by atoms with Gasteiger partial charge < -0.3 is 5.73 Å². The third-order valence-electron chi connectivity index (χ3n) is 0.338. The summed E-state index contributed by atoms with van der Waals surface area (Å²) in [7, 11) is 0.417. The van der Waals surface area contributed by atoms with Crippen molar-refractivity contribution >= 4 is 9.52 Å². The zero-order valence-electron chi connectivity index (χ0n) is 5.78. The SMILES string of the molecule is C[SiH2]C.NCCCF. The Labute approximate surface area is 53.3 Å². The molecule has 8 heavy (non-hydrogen) atoms. The standard InChI is InChI=1S/C3H8FN.C2H8Si/c4-2-1-3-5;1-3-2/h1-3,5H2;3H2,1-2H3. The van der Waals surface area contributed by atoms with Crippen molar-refractivity contribution in [3.05, 3.63) is 0 Å². The van der Waals surface area contributed by atoms with E-state index in [1.807, 2.05) is 0 Å². The highest BCUT2D eigenvalue weighted by molar-refractivity contribution is 6.31. The van der Waals surface area contributed by atoms with Crippen LogP contribution < -0.4 is 5.73 Å². The molecular formula is C5H16FNSi. The molecule has 0 aromatic heterocycles. The van der Waals surface area contributed by atoms with Crippen LogP contribution in [0.4, 0.5) is 4.39 Å². The molecule has 3 heteroatoms. The van der Waals surface area contributed by atoms with Gasteiger partial charge in [-0.1, -0.05) is 13.1 Å². The van der Waals surface area contributed by atoms with Gasteiger partial charge in [0.15, 0.2) is 0 Å². The minimum atomic E-state index is -0.281. The Morgan fingerprint density at radius 1 is 1.50 bits per heavy atom. The molecular weight excluding hydrogens is 121 g/mol. The van der Waals surface area contributed by atoms with Gasteiger partial charge in [0, 0.05) is 9.52 Å². The Balaban J connectivity index is 0. The van der Waals surface area contributed by atoms with Crippen LogP contribution in [0.25, 0.3) is 0 Å². The Kier molecular flexibility index (Phi) is 21.6. The predicted molar refractivity (Wildman–Crippen MR) is 39.9 cm³/mol. The second-order valence-electron chi connectivity index (χ2n) is 1.54. The Hall–Kier alpha value is 0.107. The van der Waals surface area contributed by atoms with Gasteiger partial charge in [0.25, 0.3) is 0 Å². The van der Waals surface area contributed by atoms with Crippen molar-refractivity contribution in [2.75, 3.05) is 13.2 Å². The fraction of sp³-hybridized carbons (Fsp3) is 1.00. The van der Waals surface area contributed by atoms with Gasteiger partial charge in [0.05, 0.1) is 6.67 Å². The first kappa shape index (κ1) is 11.0. The van der Waals surface area contributed by atoms with Crippen LogP contribution in [0.1, 0.15) is 6.42 Å². The fourth-order valence-electron chi connectivity index (χ4n) is 0.0772. The lowest BCUT2D eigenvalue weighted by molar-refractivity contribution is 0.477. The molecule has 0 atom stereocenters. The van der Waals surface area contributed by atoms with Crippen LogP contribution in [0.3, 0.4) is 0 Å². The first-order valence-corrected chi connectivity index (χ1v) is 5.92. The van der Waals surface area contributed by atoms with Gasteiger partial charge in [-0.05, 0) is 13.0 Å². The Bertz CT molecular complexity index is 26.4. The number of hydrogen-bond donors (Lipinski definition) is 1. The molecule has 0 saturated heterocycles. The molecule has 0 spiro atoms. The maximum atomic E-state index is 10.9. The molecule has 0 amide bonds. The third-order valence-corrected chi connectivity index (χ3v) is 0.338. The molecule has 0 rings (SSSR count). The average molecular weight is 137 g/mol. The molecule has 1 nitrogen and oxygen atoms in total. The quantitative estimate of drug-likeness (QED) is 0.553. The van der Waals surface area contributed by atoms with Gasteiger partial charge >= 0.3 is 0 Å². The van der Waals surface area contributed by atoms with E-state index < -0.39 is 0 Å². The lowest BCUT2D eigenvalue weighted by atomic mass is 10.5. The molecule has 0 aliphatic carbocycles. The van der Waals surface area contributed by atoms with Crippen molar-refractivity contribution in [2.24, 2.45) is 5.73 Å². The van der Waals surface area contributed by atoms with Crippen LogP contribution in [0, 0.1) is 0 Å². The van der Waals surface area contributed by atoms with Crippen molar-refractivity contribution in [3.63, 3.8) is 0 Å². The van der Waals surface area contributed by atoms with E-state index in [2.05, 4.69) is 13.1 Å². The monoisotopic (exact) mass is 137 g/mol. The highest BCUT2D eigenvalue weighted by atomic mass is 28.2. The van der Waals surface area contributed by atoms with Crippen molar-refractivity contribution in [3.8, 4) is 0 Å². The molecule has 0 aromatic carbocycles. The molecule has 0 aliphatic rings. The van der Waals surface area contributed by atoms with Crippen LogP contribution in [0.15, 0.2) is 0 Å². The van der Waals surface area contributed by atoms with Crippen LogP contribution in [0.2, 0.25) is 13.1 Å². The van der Waals surface area contributed by atoms with Gasteiger partial charge in [0.1, 0.15) is 0 Å². The topological polar surface area (TPSA) is 26.0 Å². The smallest absolute Gasteiger partial charge is 0.0906 e. The van der Waals surface area contributed by atoms with E-state index >= 15 is 0 Å². The Morgan fingerprint density at radius 2 is 1.88 bits per heavy atom. The zero-order chi connectivity index (χ0) is 6.83. The minimum absolute atomic E-state index is 0.281. The number of hydrogen-bond acceptors (Lipinski definition) is 1. The second-order valence-corrected chi connectivity index (χ2v) is 2.95. The number of halogens is 1. The first-order chi connectivity index (χ1) is 3.83. The molecule has 0 aromatic rings. The Morgan fingerprint density at radius 3 is 1.88 bits per heavy atom. The summed E-state index contributed by atoms with van der Waals surface area (Å²) < 4.78 is 10.9. The van der Waals surface area contributed by atoms with E-state index in [1.54, 1.807) is 0 Å². The van der Waals surface area contributed by atoms with Gasteiger partial charge in [0.2, 0.25) is 0 Å². The molecule has 0 heterocycles. The minimum Gasteiger partial charge on any atom is -0.330 e. The van der Waals surface area contributed by atoms with E-state index in [4.69, 9.17) is 5.73 Å². The van der Waals surface area contributed by atoms with Gasteiger partial charge in [-0.25, -0.2) is 0 Å². The van der Waals surface area contributed by atoms with Crippen molar-refractivity contribution in [1.29, 1.82) is 0 Å². The zero-order valence-corrected chi connectivity index (χ0v) is 7.20. The largest absolute Gasteiger partial charge is 0.330 e. The molecule has 0 unspecified atom stereocenters. The van der Waals surface area contributed by atoms with Gasteiger partial charge in [-0.15, -0.1) is 0 Å². The first-order valence-electron chi connectivity index (χ1n) is 3.09. The molecule has 0 saturated carbocycles. The summed E-state index contributed by atoms with van der Waals surface area (Å²) >= 11 is 0. The summed E-state index contributed by atoms with van der Waals surface area (Å²) in [5.41, 5.74) is 4.90. The van der Waals surface area contributed by atoms with E-state index in [9.17, 15) is 4.39 Å². The fourth-order valence-corrected chi connectivity index (χ4v) is 0.0772. The van der Waals surface area contributed by atoms with E-state index in [0.717, 1.165) is 0 Å². The van der Waals surface area contributed by atoms with Crippen molar-refractivity contribution in [2.45, 2.75) is 19.5 Å². The second kappa shape index (κ2) is 15.7. The maximum absolute atomic E-state index is 10.9. The summed E-state index contributed by atoms with van der Waals surface area (Å²) in [6.45, 7) is 4.72. The summed E-state index contributed by atoms with van der Waals surface area (Å²) in [5, 5.41) is 0. The average Bonchev–Trinajstić information content (AvgIpc) is 1.71. The highest BCUT2D eigenvalue weighted by Gasteiger charge is 1.71. The number of nitrogens with two attached hydrogens (primary N) is 1. The molecule has 52 valence electrons. The third kappa shape index (κ3) is 35.9. The lowest BCUT2D eigenvalue weighted by Crippen LogP contribution is -1.97. The van der Waals surface area contributed by atoms with Crippen LogP contribution in [-0.2, 0) is 0 Å². The highest BCUT2D eigenvalue weighted by Crippen LogP contribution is 1.70. The predicted octanol–water partition coefficient (Wildman–Crippen LogP) is 0.556. The molecule has 0 aliphatic heterocycles.